The Morgan fingerprint density at radius 3 is 1.79 bits per heavy atom. The Morgan fingerprint density at radius 2 is 1.18 bits per heavy atom. The Balaban J connectivity index is 0.00000620. The summed E-state index contributed by atoms with van der Waals surface area (Å²) in [6, 6.07) is 27.0. The van der Waals surface area contributed by atoms with Crippen molar-refractivity contribution in [3.8, 4) is 5.75 Å². The van der Waals surface area contributed by atoms with Crippen molar-refractivity contribution in [2.45, 2.75) is 23.6 Å². The SMILES string of the molecule is Cc1ccc(N=Nc2c(S(=O)(=O)O)cc3cc(N=Nc4ccc(NC(=O)c5ccc(NC(=O)c6ccc(N)cc6)cc5)cc4C)ccc3c2O)c(S(=O)(=O)O)c1.[Na+]. The van der Waals surface area contributed by atoms with Gasteiger partial charge in [-0.3, -0.25) is 18.7 Å². The van der Waals surface area contributed by atoms with E-state index in [0.717, 1.165) is 12.1 Å². The van der Waals surface area contributed by atoms with Crippen LogP contribution in [0.3, 0.4) is 0 Å². The summed E-state index contributed by atoms with van der Waals surface area (Å²) >= 11 is 0. The maximum Gasteiger partial charge on any atom is 1.00 e. The van der Waals surface area contributed by atoms with Gasteiger partial charge in [-0.05, 0) is 133 Å². The Morgan fingerprint density at radius 1 is 0.614 bits per heavy atom. The second-order valence-corrected chi connectivity index (χ2v) is 15.2. The number of carbonyl (C=O) groups is 2. The molecule has 6 rings (SSSR count). The smallest absolute Gasteiger partial charge is 0.505 e. The number of nitrogen functional groups attached to an aromatic ring is 1. The normalized spacial score (nSPS) is 11.8. The average Bonchev–Trinajstić information content (AvgIpc) is 3.14. The summed E-state index contributed by atoms with van der Waals surface area (Å²) < 4.78 is 68.1. The summed E-state index contributed by atoms with van der Waals surface area (Å²) in [6.07, 6.45) is 0. The molecular formula is C38H31N7NaO9S2+. The first-order chi connectivity index (χ1) is 26.5. The second-order valence-electron chi connectivity index (χ2n) is 12.4. The molecule has 0 aliphatic heterocycles. The van der Waals surface area contributed by atoms with Gasteiger partial charge in [-0.25, -0.2) is 0 Å². The Bertz CT molecular complexity index is 2830. The summed E-state index contributed by atoms with van der Waals surface area (Å²) in [7, 11) is -9.74. The van der Waals surface area contributed by atoms with Gasteiger partial charge in [0.2, 0.25) is 0 Å². The zero-order valence-electron chi connectivity index (χ0n) is 30.4. The van der Waals surface area contributed by atoms with Gasteiger partial charge in [-0.1, -0.05) is 6.07 Å². The molecule has 6 aromatic carbocycles. The summed E-state index contributed by atoms with van der Waals surface area (Å²) in [5, 5.41) is 32.8. The Labute approximate surface area is 348 Å². The van der Waals surface area contributed by atoms with Crippen LogP contribution in [0.2, 0.25) is 0 Å². The molecule has 0 atom stereocenters. The van der Waals surface area contributed by atoms with Crippen molar-refractivity contribution in [3.63, 3.8) is 0 Å². The van der Waals surface area contributed by atoms with Gasteiger partial charge >= 0.3 is 29.6 Å². The van der Waals surface area contributed by atoms with Crippen LogP contribution >= 0.6 is 0 Å². The molecule has 0 fully saturated rings. The molecule has 57 heavy (non-hydrogen) atoms. The van der Waals surface area contributed by atoms with E-state index in [-0.39, 0.29) is 63.5 Å². The summed E-state index contributed by atoms with van der Waals surface area (Å²) in [4.78, 5) is 24.0. The van der Waals surface area contributed by atoms with E-state index in [9.17, 15) is 40.6 Å². The molecule has 284 valence electrons. The number of hydrogen-bond donors (Lipinski definition) is 6. The van der Waals surface area contributed by atoms with E-state index in [4.69, 9.17) is 5.73 Å². The molecule has 16 nitrogen and oxygen atoms in total. The minimum atomic E-state index is -5.00. The predicted octanol–water partition coefficient (Wildman–Crippen LogP) is 5.58. The molecule has 0 aliphatic carbocycles. The zero-order chi connectivity index (χ0) is 40.4. The third-order valence-electron chi connectivity index (χ3n) is 8.27. The minimum Gasteiger partial charge on any atom is -0.505 e. The van der Waals surface area contributed by atoms with E-state index in [1.54, 1.807) is 80.6 Å². The number of benzene rings is 6. The van der Waals surface area contributed by atoms with E-state index in [2.05, 4.69) is 31.1 Å². The number of rotatable bonds is 10. The van der Waals surface area contributed by atoms with Crippen LogP contribution in [-0.4, -0.2) is 42.9 Å². The molecule has 0 unspecified atom stereocenters. The van der Waals surface area contributed by atoms with Crippen molar-refractivity contribution in [2.24, 2.45) is 20.5 Å². The maximum atomic E-state index is 12.9. The van der Waals surface area contributed by atoms with Gasteiger partial charge in [-0.2, -0.15) is 27.1 Å². The molecule has 0 saturated heterocycles. The van der Waals surface area contributed by atoms with Gasteiger partial charge in [0.15, 0.2) is 5.75 Å². The number of aryl methyl sites for hydroxylation is 2. The monoisotopic (exact) mass is 816 g/mol. The number of hydrogen-bond acceptors (Lipinski definition) is 12. The maximum absolute atomic E-state index is 12.9. The number of phenolic OH excluding ortho intramolecular Hbond substituents is 1. The fourth-order valence-electron chi connectivity index (χ4n) is 5.41. The molecule has 0 heterocycles. The van der Waals surface area contributed by atoms with E-state index in [0.29, 0.717) is 45.0 Å². The van der Waals surface area contributed by atoms with Crippen molar-refractivity contribution in [1.82, 2.24) is 0 Å². The molecule has 2 amide bonds. The van der Waals surface area contributed by atoms with Crippen molar-refractivity contribution in [3.05, 3.63) is 131 Å². The average molecular weight is 817 g/mol. The number of fused-ring (bicyclic) bond motifs is 1. The number of nitrogens with one attached hydrogen (secondary N) is 2. The number of amides is 2. The number of carbonyl (C=O) groups excluding carboxylic acids is 2. The number of aromatic hydroxyl groups is 1. The first kappa shape index (κ1) is 42.3. The Hall–Kier alpha value is -5.86. The summed E-state index contributed by atoms with van der Waals surface area (Å²) in [6.45, 7) is 3.33. The van der Waals surface area contributed by atoms with Crippen LogP contribution in [0.1, 0.15) is 31.8 Å². The van der Waals surface area contributed by atoms with Gasteiger partial charge in [0.25, 0.3) is 32.1 Å². The fourth-order valence-corrected chi connectivity index (χ4v) is 6.78. The van der Waals surface area contributed by atoms with Gasteiger partial charge in [0.1, 0.15) is 21.2 Å². The molecule has 6 aromatic rings. The predicted molar refractivity (Wildman–Crippen MR) is 209 cm³/mol. The van der Waals surface area contributed by atoms with Crippen LogP contribution in [0.5, 0.6) is 5.75 Å². The van der Waals surface area contributed by atoms with Gasteiger partial charge in [-0.15, -0.1) is 10.2 Å². The largest absolute Gasteiger partial charge is 1.00 e. The van der Waals surface area contributed by atoms with Crippen LogP contribution < -0.4 is 45.9 Å². The van der Waals surface area contributed by atoms with E-state index in [1.807, 2.05) is 0 Å². The molecule has 0 aromatic heterocycles. The Kier molecular flexibility index (Phi) is 12.7. The molecule has 7 N–H and O–H groups in total. The third-order valence-corrected chi connectivity index (χ3v) is 10.0. The van der Waals surface area contributed by atoms with Gasteiger partial charge < -0.3 is 21.5 Å². The number of phenols is 1. The molecule has 19 heteroatoms. The summed E-state index contributed by atoms with van der Waals surface area (Å²) in [5.74, 6) is -1.40. The van der Waals surface area contributed by atoms with Crippen molar-refractivity contribution in [2.75, 3.05) is 16.4 Å². The molecule has 0 aliphatic rings. The van der Waals surface area contributed by atoms with Crippen LogP contribution in [0, 0.1) is 13.8 Å². The third kappa shape index (κ3) is 10.1. The molecule has 0 bridgehead atoms. The van der Waals surface area contributed by atoms with Gasteiger partial charge in [0.05, 0.1) is 11.4 Å². The van der Waals surface area contributed by atoms with E-state index in [1.165, 1.54) is 30.3 Å². The van der Waals surface area contributed by atoms with Crippen LogP contribution in [0.4, 0.5) is 39.8 Å². The number of anilines is 3. The fraction of sp³-hybridized carbons (Fsp3) is 0.0526. The number of nitrogens with zero attached hydrogens (tertiary/aromatic N) is 4. The van der Waals surface area contributed by atoms with Crippen molar-refractivity contribution in [1.29, 1.82) is 0 Å². The van der Waals surface area contributed by atoms with E-state index < -0.39 is 41.5 Å². The van der Waals surface area contributed by atoms with Gasteiger partial charge in [0, 0.05) is 33.6 Å². The second kappa shape index (κ2) is 17.1. The number of nitrogens with two attached hydrogens (primary N) is 1. The minimum absolute atomic E-state index is 0. The first-order valence-corrected chi connectivity index (χ1v) is 19.2. The standard InChI is InChI=1S/C38H31N7O9S2.Na/c1-21-3-15-32(33(17-21)55(49,50)51)44-45-35-34(56(52,53)54)20-25-19-29(12-14-30(25)36(35)46)42-43-31-16-13-28(18-22(31)2)41-38(48)24-6-10-27(11-7-24)40-37(47)23-4-8-26(39)9-5-23;/h3-20,46H,39H2,1-2H3,(H,40,47)(H,41,48)(H,49,50,51)(H,52,53,54);/q;+1. The van der Waals surface area contributed by atoms with Crippen molar-refractivity contribution < 1.29 is 70.2 Å². The van der Waals surface area contributed by atoms with E-state index >= 15 is 0 Å². The molecule has 0 radical (unpaired) electrons. The van der Waals surface area contributed by atoms with Crippen LogP contribution in [-0.2, 0) is 20.2 Å². The summed E-state index contributed by atoms with van der Waals surface area (Å²) in [5.41, 5.74) is 8.79. The molecule has 0 saturated carbocycles. The topological polar surface area (TPSA) is 263 Å². The quantitative estimate of drug-likeness (QED) is 0.0433. The van der Waals surface area contributed by atoms with Crippen LogP contribution in [0.15, 0.2) is 139 Å². The van der Waals surface area contributed by atoms with Crippen LogP contribution in [0.25, 0.3) is 10.8 Å². The molecule has 0 spiro atoms. The first-order valence-electron chi connectivity index (χ1n) is 16.3. The molecular weight excluding hydrogens is 786 g/mol. The zero-order valence-corrected chi connectivity index (χ0v) is 34.0. The number of azo groups is 2. The van der Waals surface area contributed by atoms with Crippen molar-refractivity contribution >= 4 is 82.6 Å².